The first kappa shape index (κ1) is 11.3. The van der Waals surface area contributed by atoms with Gasteiger partial charge in [0.2, 0.25) is 5.91 Å². The third-order valence-electron chi connectivity index (χ3n) is 4.50. The highest BCUT2D eigenvalue weighted by atomic mass is 16.2. The second-order valence-electron chi connectivity index (χ2n) is 5.68. The topological polar surface area (TPSA) is 32.3 Å². The predicted molar refractivity (Wildman–Crippen MR) is 67.7 cm³/mol. The molecule has 2 unspecified atom stereocenters. The Balaban J connectivity index is 1.52. The van der Waals surface area contributed by atoms with Gasteiger partial charge in [-0.2, -0.15) is 0 Å². The normalized spacial score (nSPS) is 33.2. The summed E-state index contributed by atoms with van der Waals surface area (Å²) < 4.78 is 0. The van der Waals surface area contributed by atoms with Crippen LogP contribution in [0.15, 0.2) is 12.2 Å². The van der Waals surface area contributed by atoms with Crippen LogP contribution in [0.1, 0.15) is 44.9 Å². The molecule has 3 heteroatoms. The lowest BCUT2D eigenvalue weighted by Crippen LogP contribution is -2.46. The van der Waals surface area contributed by atoms with E-state index in [-0.39, 0.29) is 5.91 Å². The largest absolute Gasteiger partial charge is 0.352 e. The molecule has 2 heterocycles. The van der Waals surface area contributed by atoms with E-state index in [9.17, 15) is 4.79 Å². The number of amides is 1. The molecular formula is C14H22N2O. The maximum atomic E-state index is 12.0. The molecule has 1 amide bonds. The van der Waals surface area contributed by atoms with Crippen LogP contribution in [0.5, 0.6) is 0 Å². The van der Waals surface area contributed by atoms with E-state index in [2.05, 4.69) is 22.4 Å². The van der Waals surface area contributed by atoms with E-state index in [4.69, 9.17) is 0 Å². The lowest BCUT2D eigenvalue weighted by molar-refractivity contribution is -0.123. The van der Waals surface area contributed by atoms with Gasteiger partial charge in [0.05, 0.1) is 6.54 Å². The Kier molecular flexibility index (Phi) is 3.19. The van der Waals surface area contributed by atoms with Crippen molar-refractivity contribution in [1.82, 2.24) is 10.2 Å². The second kappa shape index (κ2) is 4.81. The molecular weight excluding hydrogens is 212 g/mol. The number of hydrogen-bond acceptors (Lipinski definition) is 2. The number of hydrogen-bond donors (Lipinski definition) is 1. The fourth-order valence-corrected chi connectivity index (χ4v) is 3.57. The van der Waals surface area contributed by atoms with E-state index in [1.807, 2.05) is 0 Å². The fourth-order valence-electron chi connectivity index (χ4n) is 3.57. The molecule has 1 saturated carbocycles. The average Bonchev–Trinajstić information content (AvgIpc) is 2.86. The van der Waals surface area contributed by atoms with Crippen LogP contribution in [0.4, 0.5) is 0 Å². The predicted octanol–water partition coefficient (Wildman–Crippen LogP) is 1.84. The molecule has 1 saturated heterocycles. The molecule has 2 fully saturated rings. The van der Waals surface area contributed by atoms with Gasteiger partial charge in [0.1, 0.15) is 0 Å². The molecule has 1 aliphatic carbocycles. The number of rotatable bonds is 3. The number of fused-ring (bicyclic) bond motifs is 2. The Morgan fingerprint density at radius 2 is 2.06 bits per heavy atom. The minimum Gasteiger partial charge on any atom is -0.352 e. The SMILES string of the molecule is O=C(CN1C2C=CCC1CC2)NC1CCCC1. The van der Waals surface area contributed by atoms with Crippen LogP contribution >= 0.6 is 0 Å². The van der Waals surface area contributed by atoms with Crippen LogP contribution in [0.2, 0.25) is 0 Å². The molecule has 0 spiro atoms. The summed E-state index contributed by atoms with van der Waals surface area (Å²) in [7, 11) is 0. The average molecular weight is 234 g/mol. The summed E-state index contributed by atoms with van der Waals surface area (Å²) in [6.45, 7) is 0.607. The zero-order valence-electron chi connectivity index (χ0n) is 10.4. The van der Waals surface area contributed by atoms with E-state index < -0.39 is 0 Å². The van der Waals surface area contributed by atoms with Gasteiger partial charge < -0.3 is 5.32 Å². The molecule has 2 atom stereocenters. The highest BCUT2D eigenvalue weighted by Gasteiger charge is 2.34. The van der Waals surface area contributed by atoms with Gasteiger partial charge >= 0.3 is 0 Å². The molecule has 3 rings (SSSR count). The van der Waals surface area contributed by atoms with Gasteiger partial charge in [0.25, 0.3) is 0 Å². The zero-order valence-corrected chi connectivity index (χ0v) is 10.4. The smallest absolute Gasteiger partial charge is 0.234 e. The number of nitrogens with zero attached hydrogens (tertiary/aromatic N) is 1. The third-order valence-corrected chi connectivity index (χ3v) is 4.50. The maximum absolute atomic E-state index is 12.0. The van der Waals surface area contributed by atoms with Gasteiger partial charge in [-0.25, -0.2) is 0 Å². The van der Waals surface area contributed by atoms with E-state index in [0.29, 0.717) is 24.7 Å². The summed E-state index contributed by atoms with van der Waals surface area (Å²) in [4.78, 5) is 14.4. The van der Waals surface area contributed by atoms with Crippen LogP contribution < -0.4 is 5.32 Å². The molecule has 1 N–H and O–H groups in total. The van der Waals surface area contributed by atoms with E-state index in [1.165, 1.54) is 38.5 Å². The van der Waals surface area contributed by atoms with Gasteiger partial charge in [-0.15, -0.1) is 0 Å². The van der Waals surface area contributed by atoms with Crippen molar-refractivity contribution >= 4 is 5.91 Å². The van der Waals surface area contributed by atoms with Crippen molar-refractivity contribution in [3.63, 3.8) is 0 Å². The van der Waals surface area contributed by atoms with Crippen molar-refractivity contribution in [1.29, 1.82) is 0 Å². The van der Waals surface area contributed by atoms with Crippen LogP contribution in [0.3, 0.4) is 0 Å². The second-order valence-corrected chi connectivity index (χ2v) is 5.68. The lowest BCUT2D eigenvalue weighted by Gasteiger charge is -2.30. The van der Waals surface area contributed by atoms with Crippen molar-refractivity contribution in [3.05, 3.63) is 12.2 Å². The Morgan fingerprint density at radius 3 is 2.82 bits per heavy atom. The van der Waals surface area contributed by atoms with Gasteiger partial charge in [-0.3, -0.25) is 9.69 Å². The molecule has 94 valence electrons. The highest BCUT2D eigenvalue weighted by molar-refractivity contribution is 5.78. The summed E-state index contributed by atoms with van der Waals surface area (Å²) in [5.74, 6) is 0.240. The molecule has 0 aromatic carbocycles. The lowest BCUT2D eigenvalue weighted by atomic mass is 10.1. The first-order valence-electron chi connectivity index (χ1n) is 7.05. The van der Waals surface area contributed by atoms with Crippen LogP contribution in [0.25, 0.3) is 0 Å². The van der Waals surface area contributed by atoms with Gasteiger partial charge in [-0.1, -0.05) is 25.0 Å². The van der Waals surface area contributed by atoms with E-state index in [1.54, 1.807) is 0 Å². The van der Waals surface area contributed by atoms with E-state index >= 15 is 0 Å². The quantitative estimate of drug-likeness (QED) is 0.756. The zero-order chi connectivity index (χ0) is 11.7. The first-order valence-corrected chi connectivity index (χ1v) is 7.05. The molecule has 3 nitrogen and oxygen atoms in total. The summed E-state index contributed by atoms with van der Waals surface area (Å²) in [6.07, 6.45) is 13.1. The van der Waals surface area contributed by atoms with Crippen LogP contribution in [0, 0.1) is 0 Å². The molecule has 3 aliphatic rings. The number of carbonyl (C=O) groups is 1. The minimum atomic E-state index is 0.240. The minimum absolute atomic E-state index is 0.240. The van der Waals surface area contributed by atoms with Gasteiger partial charge in [0, 0.05) is 18.1 Å². The standard InChI is InChI=1S/C14H22N2O/c17-14(15-11-4-1-2-5-11)10-16-12-6-3-7-13(16)9-8-12/h3,6,11-13H,1-2,4-5,7-10H2,(H,15,17). The van der Waals surface area contributed by atoms with Gasteiger partial charge in [0.15, 0.2) is 0 Å². The van der Waals surface area contributed by atoms with Crippen molar-refractivity contribution in [2.45, 2.75) is 63.1 Å². The maximum Gasteiger partial charge on any atom is 0.234 e. The fraction of sp³-hybridized carbons (Fsp3) is 0.786. The number of nitrogens with one attached hydrogen (secondary N) is 1. The Hall–Kier alpha value is -0.830. The summed E-state index contributed by atoms with van der Waals surface area (Å²) in [5, 5.41) is 3.19. The molecule has 2 aliphatic heterocycles. The highest BCUT2D eigenvalue weighted by Crippen LogP contribution is 2.30. The Labute approximate surface area is 103 Å². The molecule has 0 aromatic heterocycles. The summed E-state index contributed by atoms with van der Waals surface area (Å²) in [5.41, 5.74) is 0. The van der Waals surface area contributed by atoms with E-state index in [0.717, 1.165) is 6.42 Å². The monoisotopic (exact) mass is 234 g/mol. The van der Waals surface area contributed by atoms with Crippen LogP contribution in [-0.2, 0) is 4.79 Å². The molecule has 17 heavy (non-hydrogen) atoms. The Morgan fingerprint density at radius 1 is 1.24 bits per heavy atom. The first-order chi connectivity index (χ1) is 8.33. The Bertz CT molecular complexity index is 320. The summed E-state index contributed by atoms with van der Waals surface area (Å²) in [6, 6.07) is 1.61. The summed E-state index contributed by atoms with van der Waals surface area (Å²) >= 11 is 0. The van der Waals surface area contributed by atoms with Crippen LogP contribution in [-0.4, -0.2) is 35.5 Å². The number of carbonyl (C=O) groups excluding carboxylic acids is 1. The molecule has 0 aromatic rings. The van der Waals surface area contributed by atoms with Crippen molar-refractivity contribution in [2.75, 3.05) is 6.54 Å². The molecule has 2 bridgehead atoms. The van der Waals surface area contributed by atoms with Crippen molar-refractivity contribution < 1.29 is 4.79 Å². The third kappa shape index (κ3) is 2.39. The van der Waals surface area contributed by atoms with Crippen molar-refractivity contribution in [2.24, 2.45) is 0 Å². The van der Waals surface area contributed by atoms with Gasteiger partial charge in [-0.05, 0) is 32.1 Å². The van der Waals surface area contributed by atoms with Crippen molar-refractivity contribution in [3.8, 4) is 0 Å². The molecule has 0 radical (unpaired) electrons.